The number of carbonyl (C=O) groups is 1. The van der Waals surface area contributed by atoms with Gasteiger partial charge in [0, 0.05) is 30.9 Å². The van der Waals surface area contributed by atoms with Crippen LogP contribution in [0.1, 0.15) is 40.4 Å². The maximum absolute atomic E-state index is 13.7. The zero-order valence-corrected chi connectivity index (χ0v) is 22.0. The standard InChI is InChI=1S/C29H24ClN5O2.ClH/c30-23-5-1-3-20(12-23)28-21-4-2-6-25(13-21)37-27-11-19(7-8-22(27)14-31)17-34-18-32-15-24(34)16-33-26-9-10-35(28)29(26)36;/h1-8,11-13,15,18,26,28,33H,9-10,16-17H2;1H/t26-,28?;/m0./s1. The Bertz CT molecular complexity index is 1530. The molecule has 1 saturated heterocycles. The number of imidazole rings is 1. The largest absolute Gasteiger partial charge is 0.456 e. The van der Waals surface area contributed by atoms with Gasteiger partial charge in [-0.25, -0.2) is 4.98 Å². The van der Waals surface area contributed by atoms with E-state index in [1.54, 1.807) is 12.4 Å². The van der Waals surface area contributed by atoms with Crippen LogP contribution in [0.4, 0.5) is 0 Å². The summed E-state index contributed by atoms with van der Waals surface area (Å²) in [7, 11) is 0. The van der Waals surface area contributed by atoms with Crippen LogP contribution < -0.4 is 10.1 Å². The molecule has 1 unspecified atom stereocenters. The SMILES string of the molecule is Cl.N#Cc1ccc2cc1Oc1cccc(c1)C(c1cccc(Cl)c1)N1CC[C@H](NCc3cncn3C2)C1=O. The van der Waals surface area contributed by atoms with Gasteiger partial charge in [-0.1, -0.05) is 41.9 Å². The number of nitrogens with one attached hydrogen (secondary N) is 1. The molecule has 1 N–H and O–H groups in total. The van der Waals surface area contributed by atoms with Crippen molar-refractivity contribution in [3.8, 4) is 17.6 Å². The highest BCUT2D eigenvalue weighted by Crippen LogP contribution is 2.36. The molecule has 4 aromatic rings. The first-order valence-corrected chi connectivity index (χ1v) is 12.6. The highest BCUT2D eigenvalue weighted by molar-refractivity contribution is 6.30. The first-order valence-electron chi connectivity index (χ1n) is 12.2. The lowest BCUT2D eigenvalue weighted by Crippen LogP contribution is -2.40. The van der Waals surface area contributed by atoms with Gasteiger partial charge in [-0.05, 0) is 59.5 Å². The number of halogens is 2. The van der Waals surface area contributed by atoms with Crippen molar-refractivity contribution >= 4 is 29.9 Å². The zero-order chi connectivity index (χ0) is 25.4. The summed E-state index contributed by atoms with van der Waals surface area (Å²) in [6.45, 7) is 1.69. The molecule has 2 atom stereocenters. The van der Waals surface area contributed by atoms with Crippen LogP contribution in [0.5, 0.6) is 11.5 Å². The van der Waals surface area contributed by atoms with Crippen molar-refractivity contribution in [1.82, 2.24) is 19.8 Å². The fourth-order valence-electron chi connectivity index (χ4n) is 5.16. The van der Waals surface area contributed by atoms with Crippen molar-refractivity contribution in [1.29, 1.82) is 5.26 Å². The Hall–Kier alpha value is -3.83. The smallest absolute Gasteiger partial charge is 0.240 e. The summed E-state index contributed by atoms with van der Waals surface area (Å²) in [6, 6.07) is 22.6. The molecule has 3 heterocycles. The molecule has 2 aliphatic rings. The Morgan fingerprint density at radius 2 is 1.89 bits per heavy atom. The average Bonchev–Trinajstić information content (AvgIpc) is 3.49. The third kappa shape index (κ3) is 4.99. The third-order valence-electron chi connectivity index (χ3n) is 6.97. The predicted octanol–water partition coefficient (Wildman–Crippen LogP) is 5.46. The van der Waals surface area contributed by atoms with Gasteiger partial charge in [-0.3, -0.25) is 4.79 Å². The zero-order valence-electron chi connectivity index (χ0n) is 20.4. The summed E-state index contributed by atoms with van der Waals surface area (Å²) in [6.07, 6.45) is 4.29. The molecule has 1 amide bonds. The minimum Gasteiger partial charge on any atom is -0.456 e. The molecule has 38 heavy (non-hydrogen) atoms. The fourth-order valence-corrected chi connectivity index (χ4v) is 5.35. The van der Waals surface area contributed by atoms with E-state index >= 15 is 0 Å². The van der Waals surface area contributed by atoms with Crippen molar-refractivity contribution in [2.45, 2.75) is 31.6 Å². The molecule has 192 valence electrons. The van der Waals surface area contributed by atoms with E-state index in [1.807, 2.05) is 76.3 Å². The van der Waals surface area contributed by atoms with Gasteiger partial charge in [-0.15, -0.1) is 12.4 Å². The Kier molecular flexibility index (Phi) is 7.39. The summed E-state index contributed by atoms with van der Waals surface area (Å²) >= 11 is 6.37. The van der Waals surface area contributed by atoms with Crippen LogP contribution in [0.25, 0.3) is 0 Å². The fraction of sp³-hybridized carbons (Fsp3) is 0.207. The predicted molar refractivity (Wildman–Crippen MR) is 147 cm³/mol. The summed E-state index contributed by atoms with van der Waals surface area (Å²) in [5.41, 5.74) is 4.25. The Balaban J connectivity index is 0.00000294. The Labute approximate surface area is 232 Å². The minimum absolute atomic E-state index is 0. The van der Waals surface area contributed by atoms with E-state index in [-0.39, 0.29) is 30.4 Å². The number of hydrogen-bond donors (Lipinski definition) is 1. The van der Waals surface area contributed by atoms with Crippen LogP contribution in [0, 0.1) is 11.3 Å². The van der Waals surface area contributed by atoms with E-state index in [2.05, 4.69) is 16.4 Å². The lowest BCUT2D eigenvalue weighted by Gasteiger charge is -2.30. The van der Waals surface area contributed by atoms with E-state index in [0.29, 0.717) is 48.1 Å². The van der Waals surface area contributed by atoms with Gasteiger partial charge in [-0.2, -0.15) is 5.26 Å². The number of aromatic nitrogens is 2. The first-order chi connectivity index (χ1) is 18.1. The number of hydrogen-bond acceptors (Lipinski definition) is 5. The van der Waals surface area contributed by atoms with Gasteiger partial charge in [0.25, 0.3) is 0 Å². The van der Waals surface area contributed by atoms with Gasteiger partial charge >= 0.3 is 0 Å². The van der Waals surface area contributed by atoms with E-state index in [0.717, 1.165) is 22.4 Å². The maximum atomic E-state index is 13.7. The number of carbonyl (C=O) groups excluding carboxylic acids is 1. The number of rotatable bonds is 1. The monoisotopic (exact) mass is 545 g/mol. The number of fused-ring (bicyclic) bond motifs is 7. The van der Waals surface area contributed by atoms with Gasteiger partial charge in [0.15, 0.2) is 0 Å². The second-order valence-electron chi connectivity index (χ2n) is 9.34. The molecule has 7 nitrogen and oxygen atoms in total. The van der Waals surface area contributed by atoms with Crippen LogP contribution in [0.15, 0.2) is 79.3 Å². The van der Waals surface area contributed by atoms with E-state index < -0.39 is 0 Å². The number of nitriles is 1. The summed E-state index contributed by atoms with van der Waals surface area (Å²) < 4.78 is 8.31. The molecular weight excluding hydrogens is 521 g/mol. The van der Waals surface area contributed by atoms with Crippen LogP contribution in [-0.4, -0.2) is 32.9 Å². The number of benzene rings is 3. The van der Waals surface area contributed by atoms with Crippen molar-refractivity contribution in [3.63, 3.8) is 0 Å². The second kappa shape index (κ2) is 10.9. The molecule has 1 aromatic heterocycles. The van der Waals surface area contributed by atoms with Gasteiger partial charge in [0.2, 0.25) is 5.91 Å². The molecule has 6 rings (SSSR count). The number of amides is 1. The van der Waals surface area contributed by atoms with Gasteiger partial charge in [0.1, 0.15) is 17.6 Å². The molecule has 6 bridgehead atoms. The van der Waals surface area contributed by atoms with Crippen molar-refractivity contribution < 1.29 is 9.53 Å². The quantitative estimate of drug-likeness (QED) is 0.343. The average molecular weight is 546 g/mol. The first kappa shape index (κ1) is 25.8. The molecular formula is C29H25Cl2N5O2. The summed E-state index contributed by atoms with van der Waals surface area (Å²) in [4.78, 5) is 19.9. The highest BCUT2D eigenvalue weighted by atomic mass is 35.5. The molecule has 2 aliphatic heterocycles. The lowest BCUT2D eigenvalue weighted by molar-refractivity contribution is -0.130. The molecule has 0 aliphatic carbocycles. The van der Waals surface area contributed by atoms with Crippen LogP contribution in [-0.2, 0) is 17.9 Å². The molecule has 0 radical (unpaired) electrons. The van der Waals surface area contributed by atoms with Crippen LogP contribution >= 0.6 is 24.0 Å². The normalized spacial score (nSPS) is 18.6. The topological polar surface area (TPSA) is 83.2 Å². The highest BCUT2D eigenvalue weighted by Gasteiger charge is 2.37. The Morgan fingerprint density at radius 1 is 1.08 bits per heavy atom. The molecule has 9 heteroatoms. The molecule has 1 fully saturated rings. The van der Waals surface area contributed by atoms with E-state index in [9.17, 15) is 10.1 Å². The number of ether oxygens (including phenoxy) is 1. The number of nitrogens with zero attached hydrogens (tertiary/aromatic N) is 4. The molecule has 0 spiro atoms. The maximum Gasteiger partial charge on any atom is 0.240 e. The molecule has 0 saturated carbocycles. The summed E-state index contributed by atoms with van der Waals surface area (Å²) in [5.74, 6) is 1.13. The van der Waals surface area contributed by atoms with Gasteiger partial charge < -0.3 is 19.5 Å². The minimum atomic E-state index is -0.332. The third-order valence-corrected chi connectivity index (χ3v) is 7.20. The van der Waals surface area contributed by atoms with Crippen molar-refractivity contribution in [3.05, 3.63) is 112 Å². The lowest BCUT2D eigenvalue weighted by atomic mass is 9.97. The van der Waals surface area contributed by atoms with Crippen LogP contribution in [0.3, 0.4) is 0 Å². The second-order valence-corrected chi connectivity index (χ2v) is 9.78. The van der Waals surface area contributed by atoms with Crippen LogP contribution in [0.2, 0.25) is 5.02 Å². The van der Waals surface area contributed by atoms with Crippen molar-refractivity contribution in [2.24, 2.45) is 0 Å². The Morgan fingerprint density at radius 3 is 2.71 bits per heavy atom. The molecule has 3 aromatic carbocycles. The van der Waals surface area contributed by atoms with E-state index in [1.165, 1.54) is 0 Å². The van der Waals surface area contributed by atoms with Gasteiger partial charge in [0.05, 0.1) is 29.7 Å². The summed E-state index contributed by atoms with van der Waals surface area (Å²) in [5, 5.41) is 13.8. The van der Waals surface area contributed by atoms with Crippen molar-refractivity contribution in [2.75, 3.05) is 6.54 Å². The van der Waals surface area contributed by atoms with E-state index in [4.69, 9.17) is 16.3 Å².